The summed E-state index contributed by atoms with van der Waals surface area (Å²) in [4.78, 5) is 14.2. The summed E-state index contributed by atoms with van der Waals surface area (Å²) in [7, 11) is 1.93. The highest BCUT2D eigenvalue weighted by atomic mass is 16.7. The minimum Gasteiger partial charge on any atom is -0.348 e. The molecule has 0 unspecified atom stereocenters. The Hall–Kier alpha value is -1.43. The molecule has 1 amide bonds. The van der Waals surface area contributed by atoms with Crippen LogP contribution in [0.15, 0.2) is 30.3 Å². The van der Waals surface area contributed by atoms with E-state index in [1.807, 2.05) is 18.0 Å². The van der Waals surface area contributed by atoms with E-state index in [4.69, 9.17) is 9.47 Å². The van der Waals surface area contributed by atoms with Crippen LogP contribution < -0.4 is 5.32 Å². The Morgan fingerprint density at radius 3 is 2.52 bits per heavy atom. The number of amides is 1. The van der Waals surface area contributed by atoms with Gasteiger partial charge in [0, 0.05) is 44.8 Å². The number of benzene rings is 1. The van der Waals surface area contributed by atoms with Gasteiger partial charge in [-0.25, -0.2) is 0 Å². The molecule has 0 bridgehead atoms. The highest BCUT2D eigenvalue weighted by Crippen LogP contribution is 2.38. The van der Waals surface area contributed by atoms with Crippen LogP contribution >= 0.6 is 0 Å². The molecule has 2 aliphatic heterocycles. The standard InChI is InChI=1S/C20H28N2O3/c1-22-18(23)13-16(19(22)15-5-3-2-4-6-15)14-21-17-7-9-20(10-8-17)24-11-12-25-20/h2-6,16-17,19,21H,7-14H2,1H3/t16-,19-/m1/s1. The first-order valence-electron chi connectivity index (χ1n) is 9.49. The summed E-state index contributed by atoms with van der Waals surface area (Å²) in [5.41, 5.74) is 1.23. The van der Waals surface area contributed by atoms with Crippen molar-refractivity contribution >= 4 is 5.91 Å². The topological polar surface area (TPSA) is 50.8 Å². The number of carbonyl (C=O) groups is 1. The zero-order chi connectivity index (χ0) is 17.3. The van der Waals surface area contributed by atoms with E-state index >= 15 is 0 Å². The SMILES string of the molecule is CN1C(=O)C[C@H](CNC2CCC3(CC2)OCCO3)[C@H]1c1ccccc1. The highest BCUT2D eigenvalue weighted by molar-refractivity contribution is 5.79. The lowest BCUT2D eigenvalue weighted by Gasteiger charge is -2.36. The maximum Gasteiger partial charge on any atom is 0.223 e. The summed E-state index contributed by atoms with van der Waals surface area (Å²) in [6.07, 6.45) is 4.72. The normalized spacial score (nSPS) is 29.6. The van der Waals surface area contributed by atoms with Gasteiger partial charge in [-0.2, -0.15) is 0 Å². The van der Waals surface area contributed by atoms with Gasteiger partial charge in [-0.05, 0) is 18.4 Å². The molecule has 25 heavy (non-hydrogen) atoms. The van der Waals surface area contributed by atoms with E-state index in [-0.39, 0.29) is 17.7 Å². The summed E-state index contributed by atoms with van der Waals surface area (Å²) in [5, 5.41) is 3.72. The fraction of sp³-hybridized carbons (Fsp3) is 0.650. The molecule has 1 N–H and O–H groups in total. The number of nitrogens with one attached hydrogen (secondary N) is 1. The van der Waals surface area contributed by atoms with Crippen molar-refractivity contribution in [3.8, 4) is 0 Å². The van der Waals surface area contributed by atoms with Crippen molar-refractivity contribution in [1.29, 1.82) is 0 Å². The van der Waals surface area contributed by atoms with Gasteiger partial charge in [0.25, 0.3) is 0 Å². The van der Waals surface area contributed by atoms with Crippen LogP contribution in [0.5, 0.6) is 0 Å². The minimum atomic E-state index is -0.297. The summed E-state index contributed by atoms with van der Waals surface area (Å²) >= 11 is 0. The lowest BCUT2D eigenvalue weighted by Crippen LogP contribution is -2.43. The molecule has 4 rings (SSSR count). The van der Waals surface area contributed by atoms with Crippen LogP contribution in [0.4, 0.5) is 0 Å². The molecule has 2 saturated heterocycles. The average molecular weight is 344 g/mol. The Morgan fingerprint density at radius 2 is 1.84 bits per heavy atom. The van der Waals surface area contributed by atoms with Crippen molar-refractivity contribution in [2.45, 2.75) is 50.0 Å². The Bertz CT molecular complexity index is 590. The molecule has 1 aliphatic carbocycles. The smallest absolute Gasteiger partial charge is 0.223 e. The number of likely N-dealkylation sites (tertiary alicyclic amines) is 1. The summed E-state index contributed by atoms with van der Waals surface area (Å²) in [6, 6.07) is 11.1. The van der Waals surface area contributed by atoms with E-state index in [0.29, 0.717) is 18.4 Å². The molecule has 2 heterocycles. The van der Waals surface area contributed by atoms with Crippen LogP contribution in [-0.2, 0) is 14.3 Å². The molecule has 5 heteroatoms. The van der Waals surface area contributed by atoms with E-state index < -0.39 is 0 Å². The number of hydrogen-bond donors (Lipinski definition) is 1. The third kappa shape index (κ3) is 3.46. The first kappa shape index (κ1) is 17.0. The molecule has 1 saturated carbocycles. The molecule has 3 fully saturated rings. The van der Waals surface area contributed by atoms with Gasteiger partial charge in [0.05, 0.1) is 19.3 Å². The molecule has 1 aromatic rings. The molecular formula is C20H28N2O3. The van der Waals surface area contributed by atoms with Crippen molar-refractivity contribution < 1.29 is 14.3 Å². The number of hydrogen-bond acceptors (Lipinski definition) is 4. The van der Waals surface area contributed by atoms with Gasteiger partial charge >= 0.3 is 0 Å². The average Bonchev–Trinajstić information content (AvgIpc) is 3.20. The monoisotopic (exact) mass is 344 g/mol. The summed E-state index contributed by atoms with van der Waals surface area (Å²) in [6.45, 7) is 2.34. The molecule has 1 spiro atoms. The molecule has 3 aliphatic rings. The lowest BCUT2D eigenvalue weighted by atomic mass is 9.88. The van der Waals surface area contributed by atoms with Gasteiger partial charge in [-0.1, -0.05) is 30.3 Å². The third-order valence-electron chi connectivity index (χ3n) is 6.06. The van der Waals surface area contributed by atoms with Gasteiger partial charge < -0.3 is 19.7 Å². The number of rotatable bonds is 4. The maximum absolute atomic E-state index is 12.3. The van der Waals surface area contributed by atoms with Gasteiger partial charge in [0.2, 0.25) is 5.91 Å². The molecule has 136 valence electrons. The second-order valence-electron chi connectivity index (χ2n) is 7.61. The first-order chi connectivity index (χ1) is 12.2. The number of ether oxygens (including phenoxy) is 2. The van der Waals surface area contributed by atoms with Crippen LogP contribution in [0.3, 0.4) is 0 Å². The van der Waals surface area contributed by atoms with Crippen LogP contribution in [-0.4, -0.2) is 49.4 Å². The quantitative estimate of drug-likeness (QED) is 0.912. The predicted octanol–water partition coefficient (Wildman–Crippen LogP) is 2.48. The minimum absolute atomic E-state index is 0.178. The molecule has 0 radical (unpaired) electrons. The van der Waals surface area contributed by atoms with E-state index in [1.165, 1.54) is 5.56 Å². The Labute approximate surface area is 149 Å². The van der Waals surface area contributed by atoms with Crippen molar-refractivity contribution in [2.75, 3.05) is 26.8 Å². The van der Waals surface area contributed by atoms with Gasteiger partial charge in [0.15, 0.2) is 5.79 Å². The van der Waals surface area contributed by atoms with E-state index in [9.17, 15) is 4.79 Å². The summed E-state index contributed by atoms with van der Waals surface area (Å²) < 4.78 is 11.6. The van der Waals surface area contributed by atoms with E-state index in [0.717, 1.165) is 45.4 Å². The van der Waals surface area contributed by atoms with Crippen molar-refractivity contribution in [2.24, 2.45) is 5.92 Å². The molecule has 1 aromatic carbocycles. The van der Waals surface area contributed by atoms with Gasteiger partial charge in [0.1, 0.15) is 0 Å². The van der Waals surface area contributed by atoms with E-state index in [2.05, 4.69) is 29.6 Å². The van der Waals surface area contributed by atoms with Crippen molar-refractivity contribution in [3.63, 3.8) is 0 Å². The fourth-order valence-corrected chi connectivity index (χ4v) is 4.65. The zero-order valence-electron chi connectivity index (χ0n) is 14.9. The second-order valence-corrected chi connectivity index (χ2v) is 7.61. The number of nitrogens with zero attached hydrogens (tertiary/aromatic N) is 1. The zero-order valence-corrected chi connectivity index (χ0v) is 14.9. The Kier molecular flexibility index (Phi) is 4.80. The number of carbonyl (C=O) groups excluding carboxylic acids is 1. The van der Waals surface area contributed by atoms with Crippen LogP contribution in [0.2, 0.25) is 0 Å². The molecule has 2 atom stereocenters. The Morgan fingerprint density at radius 1 is 1.16 bits per heavy atom. The highest BCUT2D eigenvalue weighted by Gasteiger charge is 2.41. The van der Waals surface area contributed by atoms with E-state index in [1.54, 1.807) is 0 Å². The largest absolute Gasteiger partial charge is 0.348 e. The van der Waals surface area contributed by atoms with Gasteiger partial charge in [-0.3, -0.25) is 4.79 Å². The second kappa shape index (κ2) is 7.06. The lowest BCUT2D eigenvalue weighted by molar-refractivity contribution is -0.179. The van der Waals surface area contributed by atoms with Crippen LogP contribution in [0, 0.1) is 5.92 Å². The molecular weight excluding hydrogens is 316 g/mol. The maximum atomic E-state index is 12.3. The van der Waals surface area contributed by atoms with Gasteiger partial charge in [-0.15, -0.1) is 0 Å². The predicted molar refractivity (Wildman–Crippen MR) is 95.0 cm³/mol. The third-order valence-corrected chi connectivity index (χ3v) is 6.06. The first-order valence-corrected chi connectivity index (χ1v) is 9.49. The van der Waals surface area contributed by atoms with Crippen molar-refractivity contribution in [1.82, 2.24) is 10.2 Å². The van der Waals surface area contributed by atoms with Crippen LogP contribution in [0.25, 0.3) is 0 Å². The van der Waals surface area contributed by atoms with Crippen molar-refractivity contribution in [3.05, 3.63) is 35.9 Å². The fourth-order valence-electron chi connectivity index (χ4n) is 4.65. The summed E-state index contributed by atoms with van der Waals surface area (Å²) in [5.74, 6) is 0.277. The Balaban J connectivity index is 1.35. The molecule has 5 nitrogen and oxygen atoms in total. The molecule has 0 aromatic heterocycles. The van der Waals surface area contributed by atoms with Crippen LogP contribution in [0.1, 0.15) is 43.7 Å².